The summed E-state index contributed by atoms with van der Waals surface area (Å²) in [7, 11) is 0. The quantitative estimate of drug-likeness (QED) is 0.242. The number of nitrogen functional groups attached to an aromatic ring is 1. The fourth-order valence-corrected chi connectivity index (χ4v) is 5.18. The number of anilines is 1. The zero-order valence-electron chi connectivity index (χ0n) is 17.8. The first kappa shape index (κ1) is 23.7. The summed E-state index contributed by atoms with van der Waals surface area (Å²) in [6.45, 7) is 8.14. The minimum absolute atomic E-state index is 0.0469. The van der Waals surface area contributed by atoms with E-state index in [4.69, 9.17) is 29.0 Å². The number of aromatic nitrogens is 4. The molecule has 3 heterocycles. The van der Waals surface area contributed by atoms with Gasteiger partial charge < -0.3 is 10.8 Å². The standard InChI is InChI=1S/C23H18ClN7OS2/c1-27-20-19(18-7-9-31(30-18)8-2-10-32)17(11-25)23(29-21(20)26)34-13-16-12-33-22(28-16)14-3-5-15(24)6-4-14/h3-7,9,12,32H,2,8,10,13H2,(H2,26,29). The molecule has 1 aromatic carbocycles. The smallest absolute Gasteiger partial charge is 0.238 e. The van der Waals surface area contributed by atoms with Gasteiger partial charge in [0.15, 0.2) is 0 Å². The average Bonchev–Trinajstić information content (AvgIpc) is 3.51. The highest BCUT2D eigenvalue weighted by molar-refractivity contribution is 7.98. The molecule has 11 heteroatoms. The highest BCUT2D eigenvalue weighted by Crippen LogP contribution is 2.41. The highest BCUT2D eigenvalue weighted by Gasteiger charge is 2.22. The maximum absolute atomic E-state index is 9.95. The molecule has 0 aliphatic carbocycles. The maximum Gasteiger partial charge on any atom is 0.238 e. The Morgan fingerprint density at radius 2 is 2.06 bits per heavy atom. The fraction of sp³-hybridized carbons (Fsp3) is 0.174. The molecule has 0 amide bonds. The predicted octanol–water partition coefficient (Wildman–Crippen LogP) is 5.40. The molecule has 0 bridgehead atoms. The van der Waals surface area contributed by atoms with Crippen molar-refractivity contribution in [3.8, 4) is 27.9 Å². The lowest BCUT2D eigenvalue weighted by Crippen LogP contribution is -2.02. The summed E-state index contributed by atoms with van der Waals surface area (Å²) >= 11 is 8.83. The van der Waals surface area contributed by atoms with E-state index in [1.807, 2.05) is 29.6 Å². The van der Waals surface area contributed by atoms with Gasteiger partial charge in [-0.25, -0.2) is 14.8 Å². The number of nitriles is 1. The van der Waals surface area contributed by atoms with Crippen molar-refractivity contribution < 1.29 is 5.11 Å². The lowest BCUT2D eigenvalue weighted by Gasteiger charge is -2.11. The lowest BCUT2D eigenvalue weighted by atomic mass is 10.1. The number of hydrogen-bond acceptors (Lipinski definition) is 8. The van der Waals surface area contributed by atoms with Crippen LogP contribution >= 0.6 is 34.7 Å². The Kier molecular flexibility index (Phi) is 7.46. The Balaban J connectivity index is 1.63. The number of benzene rings is 1. The first-order valence-electron chi connectivity index (χ1n) is 10.1. The van der Waals surface area contributed by atoms with E-state index >= 15 is 0 Å². The number of nitrogens with zero attached hydrogens (tertiary/aromatic N) is 6. The summed E-state index contributed by atoms with van der Waals surface area (Å²) in [6, 6.07) is 11.4. The number of hydrogen-bond donors (Lipinski definition) is 2. The number of aryl methyl sites for hydroxylation is 1. The second-order valence-electron chi connectivity index (χ2n) is 7.11. The van der Waals surface area contributed by atoms with E-state index in [0.717, 1.165) is 16.3 Å². The van der Waals surface area contributed by atoms with Gasteiger partial charge in [-0.2, -0.15) is 10.4 Å². The number of pyridine rings is 1. The molecule has 0 spiro atoms. The van der Waals surface area contributed by atoms with Crippen molar-refractivity contribution in [1.29, 1.82) is 5.26 Å². The van der Waals surface area contributed by atoms with Crippen LogP contribution in [0.15, 0.2) is 46.9 Å². The molecular weight excluding hydrogens is 490 g/mol. The van der Waals surface area contributed by atoms with Gasteiger partial charge in [-0.15, -0.1) is 11.3 Å². The molecule has 0 aliphatic rings. The molecule has 34 heavy (non-hydrogen) atoms. The van der Waals surface area contributed by atoms with Crippen LogP contribution in [0.4, 0.5) is 11.5 Å². The number of thiazole rings is 1. The van der Waals surface area contributed by atoms with Crippen LogP contribution in [0.3, 0.4) is 0 Å². The van der Waals surface area contributed by atoms with Gasteiger partial charge in [-0.05, 0) is 24.6 Å². The molecule has 3 N–H and O–H groups in total. The van der Waals surface area contributed by atoms with Crippen LogP contribution in [0.2, 0.25) is 5.02 Å². The largest absolute Gasteiger partial charge is 0.396 e. The van der Waals surface area contributed by atoms with Crippen LogP contribution in [-0.2, 0) is 12.3 Å². The Bertz CT molecular complexity index is 1400. The monoisotopic (exact) mass is 507 g/mol. The summed E-state index contributed by atoms with van der Waals surface area (Å²) in [5, 5.41) is 27.4. The minimum Gasteiger partial charge on any atom is -0.396 e. The summed E-state index contributed by atoms with van der Waals surface area (Å²) in [5.74, 6) is 0.531. The minimum atomic E-state index is 0.0469. The summed E-state index contributed by atoms with van der Waals surface area (Å²) in [6.07, 6.45) is 2.30. The van der Waals surface area contributed by atoms with Gasteiger partial charge in [0.1, 0.15) is 21.9 Å². The average molecular weight is 508 g/mol. The van der Waals surface area contributed by atoms with Crippen LogP contribution in [0.1, 0.15) is 17.7 Å². The second kappa shape index (κ2) is 10.7. The zero-order valence-corrected chi connectivity index (χ0v) is 20.2. The third kappa shape index (κ3) is 5.06. The van der Waals surface area contributed by atoms with Crippen molar-refractivity contribution in [2.45, 2.75) is 23.7 Å². The lowest BCUT2D eigenvalue weighted by molar-refractivity contribution is 0.277. The van der Waals surface area contributed by atoms with Gasteiger partial charge in [-0.1, -0.05) is 35.5 Å². The van der Waals surface area contributed by atoms with E-state index < -0.39 is 0 Å². The first-order chi connectivity index (χ1) is 16.5. The van der Waals surface area contributed by atoms with Crippen molar-refractivity contribution in [2.24, 2.45) is 0 Å². The molecule has 3 aromatic heterocycles. The van der Waals surface area contributed by atoms with Gasteiger partial charge in [0.25, 0.3) is 0 Å². The Labute approximate surface area is 209 Å². The predicted molar refractivity (Wildman–Crippen MR) is 135 cm³/mol. The first-order valence-corrected chi connectivity index (χ1v) is 12.4. The molecule has 170 valence electrons. The van der Waals surface area contributed by atoms with E-state index in [-0.39, 0.29) is 23.7 Å². The highest BCUT2D eigenvalue weighted by atomic mass is 35.5. The zero-order chi connectivity index (χ0) is 24.1. The van der Waals surface area contributed by atoms with Gasteiger partial charge >= 0.3 is 0 Å². The maximum atomic E-state index is 9.95. The normalized spacial score (nSPS) is 10.7. The molecule has 4 rings (SSSR count). The number of aliphatic hydroxyl groups is 1. The SMILES string of the molecule is [C-]#[N+]c1c(N)nc(SCc2csc(-c3ccc(Cl)cc3)n2)c(C#N)c1-c1ccn(CCCO)n1. The van der Waals surface area contributed by atoms with E-state index in [1.165, 1.54) is 23.1 Å². The summed E-state index contributed by atoms with van der Waals surface area (Å²) in [5.41, 5.74) is 9.12. The van der Waals surface area contributed by atoms with Crippen molar-refractivity contribution in [1.82, 2.24) is 19.7 Å². The van der Waals surface area contributed by atoms with Crippen LogP contribution < -0.4 is 5.73 Å². The van der Waals surface area contributed by atoms with Crippen LogP contribution in [0.5, 0.6) is 0 Å². The summed E-state index contributed by atoms with van der Waals surface area (Å²) in [4.78, 5) is 12.5. The van der Waals surface area contributed by atoms with Crippen molar-refractivity contribution in [3.05, 3.63) is 69.6 Å². The molecule has 0 atom stereocenters. The van der Waals surface area contributed by atoms with Gasteiger partial charge in [0.05, 0.1) is 23.5 Å². The molecule has 0 radical (unpaired) electrons. The Morgan fingerprint density at radius 1 is 1.26 bits per heavy atom. The van der Waals surface area contributed by atoms with Crippen LogP contribution in [0, 0.1) is 17.9 Å². The Hall–Kier alpha value is -3.41. The topological polar surface area (TPSA) is 118 Å². The van der Waals surface area contributed by atoms with E-state index in [9.17, 15) is 5.26 Å². The van der Waals surface area contributed by atoms with Gasteiger partial charge in [0, 0.05) is 46.6 Å². The van der Waals surface area contributed by atoms with Crippen molar-refractivity contribution >= 4 is 46.2 Å². The van der Waals surface area contributed by atoms with Gasteiger partial charge in [-0.3, -0.25) is 4.68 Å². The number of thioether (sulfide) groups is 1. The third-order valence-electron chi connectivity index (χ3n) is 4.83. The van der Waals surface area contributed by atoms with Crippen molar-refractivity contribution in [3.63, 3.8) is 0 Å². The van der Waals surface area contributed by atoms with E-state index in [2.05, 4.69) is 26.0 Å². The van der Waals surface area contributed by atoms with Crippen molar-refractivity contribution in [2.75, 3.05) is 12.3 Å². The number of rotatable bonds is 8. The molecule has 0 saturated heterocycles. The molecule has 0 fully saturated rings. The van der Waals surface area contributed by atoms with Crippen LogP contribution in [0.25, 0.3) is 26.7 Å². The number of halogens is 1. The fourth-order valence-electron chi connectivity index (χ4n) is 3.24. The molecule has 0 unspecified atom stereocenters. The van der Waals surface area contributed by atoms with E-state index in [1.54, 1.807) is 16.9 Å². The van der Waals surface area contributed by atoms with Gasteiger partial charge in [0.2, 0.25) is 5.69 Å². The molecule has 8 nitrogen and oxygen atoms in total. The second-order valence-corrected chi connectivity index (χ2v) is 9.36. The molecule has 4 aromatic rings. The number of nitrogens with two attached hydrogens (primary N) is 1. The third-order valence-corrected chi connectivity index (χ3v) is 7.03. The molecule has 0 saturated carbocycles. The van der Waals surface area contributed by atoms with Crippen LogP contribution in [-0.4, -0.2) is 31.5 Å². The molecule has 0 aliphatic heterocycles. The summed E-state index contributed by atoms with van der Waals surface area (Å²) < 4.78 is 1.66. The molecular formula is C23H18ClN7OS2. The van der Waals surface area contributed by atoms with E-state index in [0.29, 0.717) is 40.0 Å². The Morgan fingerprint density at radius 3 is 2.76 bits per heavy atom. The number of aliphatic hydroxyl groups excluding tert-OH is 1.